The number of nitrogens with zero attached hydrogens (tertiary/aromatic N) is 1. The Morgan fingerprint density at radius 2 is 1.29 bits per heavy atom. The average molecular weight is 436 g/mol. The van der Waals surface area contributed by atoms with E-state index in [1.54, 1.807) is 0 Å². The summed E-state index contributed by atoms with van der Waals surface area (Å²) < 4.78 is 8.98. The molecule has 1 atom stereocenters. The fourth-order valence-electron chi connectivity index (χ4n) is 6.44. The van der Waals surface area contributed by atoms with Crippen LogP contribution >= 0.6 is 0 Å². The number of rotatable bonds is 0. The number of hydrogen-bond acceptors (Lipinski definition) is 1. The summed E-state index contributed by atoms with van der Waals surface area (Å²) in [5.41, 5.74) is 9.54. The summed E-state index contributed by atoms with van der Waals surface area (Å²) in [6, 6.07) is 39.6. The third-order valence-corrected chi connectivity index (χ3v) is 7.70. The van der Waals surface area contributed by atoms with Crippen LogP contribution in [0.15, 0.2) is 109 Å². The summed E-state index contributed by atoms with van der Waals surface area (Å²) in [7, 11) is 0. The second kappa shape index (κ2) is 6.18. The van der Waals surface area contributed by atoms with Crippen LogP contribution in [0.3, 0.4) is 0 Å². The van der Waals surface area contributed by atoms with Crippen molar-refractivity contribution in [1.82, 2.24) is 4.57 Å². The quantitative estimate of drug-likeness (QED) is 0.236. The Morgan fingerprint density at radius 3 is 2.24 bits per heavy atom. The van der Waals surface area contributed by atoms with Crippen molar-refractivity contribution in [2.24, 2.45) is 0 Å². The molecule has 0 amide bonds. The largest absolute Gasteiger partial charge is 0.457 e. The number of aromatic nitrogens is 1. The monoisotopic (exact) mass is 435 g/mol. The molecular weight excluding hydrogens is 414 g/mol. The lowest BCUT2D eigenvalue weighted by Crippen LogP contribution is -2.37. The highest BCUT2D eigenvalue weighted by molar-refractivity contribution is 6.12. The number of para-hydroxylation sites is 4. The molecule has 2 aliphatic heterocycles. The van der Waals surface area contributed by atoms with Crippen molar-refractivity contribution >= 4 is 21.8 Å². The van der Waals surface area contributed by atoms with E-state index >= 15 is 0 Å². The minimum absolute atomic E-state index is 0.462. The van der Waals surface area contributed by atoms with Crippen LogP contribution in [-0.2, 0) is 5.41 Å². The zero-order chi connectivity index (χ0) is 22.4. The van der Waals surface area contributed by atoms with Gasteiger partial charge in [0.25, 0.3) is 0 Å². The maximum atomic E-state index is 6.51. The molecule has 0 saturated heterocycles. The Hall–Kier alpha value is -4.30. The summed E-state index contributed by atoms with van der Waals surface area (Å²) in [6.45, 7) is 2.17. The van der Waals surface area contributed by atoms with Crippen LogP contribution in [0.1, 0.15) is 27.8 Å². The van der Waals surface area contributed by atoms with Crippen molar-refractivity contribution in [1.29, 1.82) is 0 Å². The van der Waals surface area contributed by atoms with Crippen molar-refractivity contribution in [3.05, 3.63) is 137 Å². The Labute approximate surface area is 197 Å². The molecule has 160 valence electrons. The molecular formula is C32H21NO. The minimum Gasteiger partial charge on any atom is -0.457 e. The summed E-state index contributed by atoms with van der Waals surface area (Å²) >= 11 is 0. The van der Waals surface area contributed by atoms with Crippen LogP contribution in [-0.4, -0.2) is 4.57 Å². The third-order valence-electron chi connectivity index (χ3n) is 7.70. The van der Waals surface area contributed by atoms with E-state index in [-0.39, 0.29) is 0 Å². The predicted octanol–water partition coefficient (Wildman–Crippen LogP) is 7.89. The van der Waals surface area contributed by atoms with Crippen molar-refractivity contribution < 1.29 is 4.74 Å². The minimum atomic E-state index is -0.462. The maximum absolute atomic E-state index is 6.51. The van der Waals surface area contributed by atoms with Gasteiger partial charge in [-0.1, -0.05) is 90.5 Å². The number of benzene rings is 5. The third kappa shape index (κ3) is 1.99. The molecule has 0 radical (unpaired) electrons. The van der Waals surface area contributed by atoms with Gasteiger partial charge in [-0.15, -0.1) is 0 Å². The van der Waals surface area contributed by atoms with E-state index in [4.69, 9.17) is 4.74 Å². The molecule has 34 heavy (non-hydrogen) atoms. The van der Waals surface area contributed by atoms with Gasteiger partial charge < -0.3 is 9.30 Å². The van der Waals surface area contributed by atoms with E-state index in [0.717, 1.165) is 11.5 Å². The number of ether oxygens (including phenoxy) is 1. The first kappa shape index (κ1) is 18.2. The fourth-order valence-corrected chi connectivity index (χ4v) is 6.44. The van der Waals surface area contributed by atoms with Gasteiger partial charge in [0, 0.05) is 21.9 Å². The van der Waals surface area contributed by atoms with Crippen LogP contribution in [0.25, 0.3) is 27.5 Å². The molecule has 6 aromatic rings. The van der Waals surface area contributed by atoms with E-state index in [2.05, 4.69) is 121 Å². The van der Waals surface area contributed by atoms with Crippen LogP contribution in [0.5, 0.6) is 11.5 Å². The smallest absolute Gasteiger partial charge is 0.132 e. The van der Waals surface area contributed by atoms with Gasteiger partial charge in [0.15, 0.2) is 0 Å². The molecule has 8 rings (SSSR count). The lowest BCUT2D eigenvalue weighted by molar-refractivity contribution is 0.433. The highest BCUT2D eigenvalue weighted by atomic mass is 16.5. The molecule has 0 N–H and O–H groups in total. The summed E-state index contributed by atoms with van der Waals surface area (Å²) in [6.07, 6.45) is 0. The van der Waals surface area contributed by atoms with Gasteiger partial charge in [0.05, 0.1) is 22.1 Å². The van der Waals surface area contributed by atoms with Gasteiger partial charge >= 0.3 is 0 Å². The first-order chi connectivity index (χ1) is 16.8. The molecule has 0 bridgehead atoms. The molecule has 0 fully saturated rings. The molecule has 2 nitrogen and oxygen atoms in total. The standard InChI is InChI=1S/C32H21NO/c1-20-17-18-30-26(19-20)32(24-12-4-7-16-29(24)34-30)23-11-3-6-15-28(23)33-27-14-5-2-9-21(27)22-10-8-13-25(32)31(22)33/h2-19H,1H3. The maximum Gasteiger partial charge on any atom is 0.132 e. The van der Waals surface area contributed by atoms with Crippen molar-refractivity contribution in [3.8, 4) is 17.2 Å². The Kier molecular flexibility index (Phi) is 3.30. The number of fused-ring (bicyclic) bond motifs is 11. The summed E-state index contributed by atoms with van der Waals surface area (Å²) in [4.78, 5) is 0. The molecule has 1 aromatic heterocycles. The highest BCUT2D eigenvalue weighted by Gasteiger charge is 2.50. The Balaban J connectivity index is 1.69. The van der Waals surface area contributed by atoms with E-state index < -0.39 is 5.41 Å². The second-order valence-corrected chi connectivity index (χ2v) is 9.42. The van der Waals surface area contributed by atoms with E-state index in [1.165, 1.54) is 55.3 Å². The van der Waals surface area contributed by atoms with Crippen molar-refractivity contribution in [2.75, 3.05) is 0 Å². The first-order valence-electron chi connectivity index (χ1n) is 11.8. The van der Waals surface area contributed by atoms with E-state index in [1.807, 2.05) is 0 Å². The molecule has 0 aliphatic carbocycles. The predicted molar refractivity (Wildman–Crippen MR) is 137 cm³/mol. The van der Waals surface area contributed by atoms with Crippen LogP contribution in [0.2, 0.25) is 0 Å². The SMILES string of the molecule is Cc1ccc2c(c1)C1(c3ccccc3O2)c2ccccc2-n2c3ccccc3c3cccc1c32. The van der Waals surface area contributed by atoms with Gasteiger partial charge in [0.2, 0.25) is 0 Å². The zero-order valence-electron chi connectivity index (χ0n) is 18.7. The van der Waals surface area contributed by atoms with Gasteiger partial charge in [0.1, 0.15) is 11.5 Å². The van der Waals surface area contributed by atoms with Gasteiger partial charge in [-0.2, -0.15) is 0 Å². The van der Waals surface area contributed by atoms with Crippen LogP contribution < -0.4 is 4.74 Å². The molecule has 1 spiro atoms. The normalized spacial score (nSPS) is 17.3. The van der Waals surface area contributed by atoms with Crippen LogP contribution in [0.4, 0.5) is 0 Å². The number of aryl methyl sites for hydroxylation is 1. The van der Waals surface area contributed by atoms with E-state index in [0.29, 0.717) is 0 Å². The molecule has 5 aromatic carbocycles. The Bertz CT molecular complexity index is 1810. The van der Waals surface area contributed by atoms with E-state index in [9.17, 15) is 0 Å². The Morgan fingerprint density at radius 1 is 0.588 bits per heavy atom. The fraction of sp³-hybridized carbons (Fsp3) is 0.0625. The second-order valence-electron chi connectivity index (χ2n) is 9.42. The van der Waals surface area contributed by atoms with Crippen LogP contribution in [0, 0.1) is 6.92 Å². The van der Waals surface area contributed by atoms with Gasteiger partial charge in [-0.25, -0.2) is 0 Å². The molecule has 2 heteroatoms. The molecule has 3 heterocycles. The molecule has 0 saturated carbocycles. The summed E-state index contributed by atoms with van der Waals surface area (Å²) in [5, 5.41) is 2.58. The zero-order valence-corrected chi connectivity index (χ0v) is 18.7. The summed E-state index contributed by atoms with van der Waals surface area (Å²) in [5.74, 6) is 1.86. The number of hydrogen-bond donors (Lipinski definition) is 0. The van der Waals surface area contributed by atoms with Gasteiger partial charge in [-0.3, -0.25) is 0 Å². The lowest BCUT2D eigenvalue weighted by Gasteiger charge is -2.45. The highest BCUT2D eigenvalue weighted by Crippen LogP contribution is 2.60. The molecule has 2 aliphatic rings. The van der Waals surface area contributed by atoms with Crippen molar-refractivity contribution in [2.45, 2.75) is 12.3 Å². The van der Waals surface area contributed by atoms with Crippen molar-refractivity contribution in [3.63, 3.8) is 0 Å². The lowest BCUT2D eigenvalue weighted by atomic mass is 9.61. The van der Waals surface area contributed by atoms with Gasteiger partial charge in [-0.05, 0) is 42.3 Å². The average Bonchev–Trinajstić information content (AvgIpc) is 3.22. The first-order valence-corrected chi connectivity index (χ1v) is 11.8. The molecule has 1 unspecified atom stereocenters. The topological polar surface area (TPSA) is 14.2 Å².